The molecule has 1 aromatic heterocycles. The molecule has 1 fully saturated rings. The van der Waals surface area contributed by atoms with Gasteiger partial charge in [-0.1, -0.05) is 18.2 Å². The second-order valence-corrected chi connectivity index (χ2v) is 7.40. The predicted octanol–water partition coefficient (Wildman–Crippen LogP) is 2.86. The van der Waals surface area contributed by atoms with E-state index in [9.17, 15) is 19.2 Å². The number of hydrogen-bond donors (Lipinski definition) is 1. The van der Waals surface area contributed by atoms with Gasteiger partial charge in [0.15, 0.2) is 0 Å². The molecule has 3 heterocycles. The molecule has 142 valence electrons. The number of nitrogens with one attached hydrogen (secondary N) is 1. The van der Waals surface area contributed by atoms with Crippen molar-refractivity contribution in [3.8, 4) is 6.07 Å². The van der Waals surface area contributed by atoms with Crippen molar-refractivity contribution >= 4 is 28.4 Å². The topological polar surface area (TPSA) is 86.1 Å². The van der Waals surface area contributed by atoms with E-state index in [1.807, 2.05) is 18.2 Å². The number of nitriles is 1. The third kappa shape index (κ3) is 2.42. The normalized spacial score (nSPS) is 22.6. The summed E-state index contributed by atoms with van der Waals surface area (Å²) in [6.07, 6.45) is 1.44. The molecule has 3 aromatic rings. The maximum atomic E-state index is 13.5. The van der Waals surface area contributed by atoms with E-state index in [-0.39, 0.29) is 24.9 Å². The van der Waals surface area contributed by atoms with Gasteiger partial charge < -0.3 is 10.2 Å². The number of fused-ring (bicyclic) bond motifs is 3. The standard InChI is InChI=1S/C22H15FN4O2/c23-16-5-6-18-13(8-16)7-14(10-25-18)20(28)27-11-15(9-24)22(12-27)17-3-1-2-4-19(17)26-21(22)29/h1-8,10,15H,11-12H2,(H,26,29)/t15-,22+/m0/s1. The van der Waals surface area contributed by atoms with Crippen LogP contribution in [0, 0.1) is 23.1 Å². The van der Waals surface area contributed by atoms with Crippen LogP contribution in [0.5, 0.6) is 0 Å². The molecule has 1 saturated heterocycles. The van der Waals surface area contributed by atoms with E-state index in [1.165, 1.54) is 23.2 Å². The van der Waals surface area contributed by atoms with Crippen LogP contribution in [0.15, 0.2) is 54.7 Å². The molecule has 2 atom stereocenters. The molecule has 1 spiro atoms. The highest BCUT2D eigenvalue weighted by molar-refractivity contribution is 6.08. The van der Waals surface area contributed by atoms with Crippen molar-refractivity contribution < 1.29 is 14.0 Å². The number of pyridine rings is 1. The fourth-order valence-corrected chi connectivity index (χ4v) is 4.40. The van der Waals surface area contributed by atoms with Crippen LogP contribution in [-0.2, 0) is 10.2 Å². The van der Waals surface area contributed by atoms with Crippen LogP contribution >= 0.6 is 0 Å². The highest BCUT2D eigenvalue weighted by Crippen LogP contribution is 2.47. The number of nitrogens with zero attached hydrogens (tertiary/aromatic N) is 3. The average Bonchev–Trinajstić information content (AvgIpc) is 3.26. The lowest BCUT2D eigenvalue weighted by molar-refractivity contribution is -0.121. The van der Waals surface area contributed by atoms with Crippen LogP contribution in [0.3, 0.4) is 0 Å². The van der Waals surface area contributed by atoms with Gasteiger partial charge in [0.2, 0.25) is 5.91 Å². The van der Waals surface area contributed by atoms with Crippen molar-refractivity contribution in [3.05, 3.63) is 71.7 Å². The molecule has 2 amide bonds. The molecule has 2 aliphatic heterocycles. The second-order valence-electron chi connectivity index (χ2n) is 7.40. The number of para-hydroxylation sites is 1. The van der Waals surface area contributed by atoms with Gasteiger partial charge in [-0.05, 0) is 35.9 Å². The molecule has 0 saturated carbocycles. The molecule has 1 N–H and O–H groups in total. The van der Waals surface area contributed by atoms with Crippen LogP contribution in [0.2, 0.25) is 0 Å². The molecule has 6 nitrogen and oxygen atoms in total. The van der Waals surface area contributed by atoms with Crippen molar-refractivity contribution in [2.45, 2.75) is 5.41 Å². The Morgan fingerprint density at radius 2 is 2.10 bits per heavy atom. The van der Waals surface area contributed by atoms with Gasteiger partial charge in [0, 0.05) is 30.4 Å². The Morgan fingerprint density at radius 1 is 1.28 bits per heavy atom. The van der Waals surface area contributed by atoms with E-state index in [4.69, 9.17) is 0 Å². The summed E-state index contributed by atoms with van der Waals surface area (Å²) >= 11 is 0. The maximum absolute atomic E-state index is 13.5. The first-order chi connectivity index (χ1) is 14.0. The number of halogens is 1. The molecule has 29 heavy (non-hydrogen) atoms. The zero-order valence-corrected chi connectivity index (χ0v) is 15.2. The summed E-state index contributed by atoms with van der Waals surface area (Å²) < 4.78 is 13.5. The fourth-order valence-electron chi connectivity index (χ4n) is 4.40. The summed E-state index contributed by atoms with van der Waals surface area (Å²) in [7, 11) is 0. The van der Waals surface area contributed by atoms with Crippen molar-refractivity contribution in [2.24, 2.45) is 5.92 Å². The van der Waals surface area contributed by atoms with E-state index in [0.717, 1.165) is 5.56 Å². The number of carbonyl (C=O) groups is 2. The van der Waals surface area contributed by atoms with Crippen molar-refractivity contribution in [3.63, 3.8) is 0 Å². The molecule has 5 rings (SSSR count). The number of likely N-dealkylation sites (tertiary alicyclic amines) is 1. The smallest absolute Gasteiger partial charge is 0.255 e. The van der Waals surface area contributed by atoms with Crippen LogP contribution in [0.4, 0.5) is 10.1 Å². The Kier molecular flexibility index (Phi) is 3.65. The minimum atomic E-state index is -1.09. The highest BCUT2D eigenvalue weighted by Gasteiger charge is 2.58. The Balaban J connectivity index is 1.53. The summed E-state index contributed by atoms with van der Waals surface area (Å²) in [6, 6.07) is 15.3. The first-order valence-corrected chi connectivity index (χ1v) is 9.18. The first kappa shape index (κ1) is 17.3. The van der Waals surface area contributed by atoms with Crippen molar-refractivity contribution in [1.29, 1.82) is 5.26 Å². The number of anilines is 1. The average molecular weight is 386 g/mol. The minimum absolute atomic E-state index is 0.105. The van der Waals surface area contributed by atoms with Gasteiger partial charge in [0.25, 0.3) is 5.91 Å². The predicted molar refractivity (Wildman–Crippen MR) is 103 cm³/mol. The van der Waals surface area contributed by atoms with E-state index < -0.39 is 17.2 Å². The summed E-state index contributed by atoms with van der Waals surface area (Å²) in [4.78, 5) is 31.8. The third-order valence-electron chi connectivity index (χ3n) is 5.83. The van der Waals surface area contributed by atoms with Gasteiger partial charge in [-0.15, -0.1) is 0 Å². The Labute approximate surface area is 165 Å². The van der Waals surface area contributed by atoms with Gasteiger partial charge in [-0.2, -0.15) is 5.26 Å². The zero-order valence-electron chi connectivity index (χ0n) is 15.2. The Bertz CT molecular complexity index is 1230. The third-order valence-corrected chi connectivity index (χ3v) is 5.83. The lowest BCUT2D eigenvalue weighted by atomic mass is 9.74. The number of carbonyl (C=O) groups excluding carboxylic acids is 2. The van der Waals surface area contributed by atoms with Crippen LogP contribution in [0.25, 0.3) is 10.9 Å². The highest BCUT2D eigenvalue weighted by atomic mass is 19.1. The number of amides is 2. The molecule has 0 aliphatic carbocycles. The minimum Gasteiger partial charge on any atom is -0.336 e. The first-order valence-electron chi connectivity index (χ1n) is 9.18. The molecule has 0 unspecified atom stereocenters. The van der Waals surface area contributed by atoms with Crippen LogP contribution in [0.1, 0.15) is 15.9 Å². The van der Waals surface area contributed by atoms with E-state index in [2.05, 4.69) is 16.4 Å². The van der Waals surface area contributed by atoms with E-state index >= 15 is 0 Å². The number of hydrogen-bond acceptors (Lipinski definition) is 4. The largest absolute Gasteiger partial charge is 0.336 e. The van der Waals surface area contributed by atoms with E-state index in [0.29, 0.717) is 22.2 Å². The number of rotatable bonds is 1. The molecule has 2 aliphatic rings. The Hall–Kier alpha value is -3.79. The molecule has 0 radical (unpaired) electrons. The molecular weight excluding hydrogens is 371 g/mol. The van der Waals surface area contributed by atoms with Gasteiger partial charge in [-0.3, -0.25) is 14.6 Å². The molecule has 7 heteroatoms. The van der Waals surface area contributed by atoms with Gasteiger partial charge in [0.1, 0.15) is 11.2 Å². The van der Waals surface area contributed by atoms with Gasteiger partial charge in [0.05, 0.1) is 23.1 Å². The van der Waals surface area contributed by atoms with Gasteiger partial charge in [-0.25, -0.2) is 4.39 Å². The summed E-state index contributed by atoms with van der Waals surface area (Å²) in [6.45, 7) is 0.242. The number of aromatic nitrogens is 1. The lowest BCUT2D eigenvalue weighted by Crippen LogP contribution is -2.42. The maximum Gasteiger partial charge on any atom is 0.255 e. The van der Waals surface area contributed by atoms with Crippen LogP contribution in [-0.4, -0.2) is 34.8 Å². The number of benzene rings is 2. The quantitative estimate of drug-likeness (QED) is 0.697. The molecule has 2 aromatic carbocycles. The summed E-state index contributed by atoms with van der Waals surface area (Å²) in [5, 5.41) is 13.1. The van der Waals surface area contributed by atoms with Crippen LogP contribution < -0.4 is 5.32 Å². The summed E-state index contributed by atoms with van der Waals surface area (Å²) in [5.41, 5.74) is 1.21. The SMILES string of the molecule is N#C[C@H]1CN(C(=O)c2cnc3ccc(F)cc3c2)C[C@@]12C(=O)Nc1ccccc12. The van der Waals surface area contributed by atoms with Crippen molar-refractivity contribution in [2.75, 3.05) is 18.4 Å². The Morgan fingerprint density at radius 3 is 2.93 bits per heavy atom. The van der Waals surface area contributed by atoms with E-state index in [1.54, 1.807) is 18.2 Å². The molecular formula is C22H15FN4O2. The molecule has 0 bridgehead atoms. The van der Waals surface area contributed by atoms with Crippen molar-refractivity contribution in [1.82, 2.24) is 9.88 Å². The van der Waals surface area contributed by atoms with Gasteiger partial charge >= 0.3 is 0 Å². The lowest BCUT2D eigenvalue weighted by Gasteiger charge is -2.24. The summed E-state index contributed by atoms with van der Waals surface area (Å²) in [5.74, 6) is -1.68. The monoisotopic (exact) mass is 386 g/mol. The second kappa shape index (κ2) is 6.11. The zero-order chi connectivity index (χ0) is 20.2. The fraction of sp³-hybridized carbons (Fsp3) is 0.182.